The minimum Gasteiger partial charge on any atom is -0.454 e. The van der Waals surface area contributed by atoms with Crippen molar-refractivity contribution < 1.29 is 9.47 Å². The van der Waals surface area contributed by atoms with Crippen LogP contribution in [-0.2, 0) is 0 Å². The molecule has 0 bridgehead atoms. The van der Waals surface area contributed by atoms with Crippen molar-refractivity contribution in [1.29, 1.82) is 0 Å². The predicted molar refractivity (Wildman–Crippen MR) is 134 cm³/mol. The maximum absolute atomic E-state index is 5.72. The Balaban J connectivity index is 1.72. The van der Waals surface area contributed by atoms with Crippen LogP contribution in [-0.4, -0.2) is 18.5 Å². The summed E-state index contributed by atoms with van der Waals surface area (Å²) in [4.78, 5) is 0. The lowest BCUT2D eigenvalue weighted by atomic mass is 9.92. The molecule has 31 heavy (non-hydrogen) atoms. The highest BCUT2D eigenvalue weighted by molar-refractivity contribution is 7.80. The quantitative estimate of drug-likeness (QED) is 0.414. The van der Waals surface area contributed by atoms with Crippen LogP contribution in [0, 0.1) is 0 Å². The maximum Gasteiger partial charge on any atom is 0.231 e. The number of benzene rings is 2. The van der Waals surface area contributed by atoms with Gasteiger partial charge in [-0.2, -0.15) is 0 Å². The summed E-state index contributed by atoms with van der Waals surface area (Å²) in [5.41, 5.74) is 5.01. The average molecular weight is 441 g/mol. The zero-order chi connectivity index (χ0) is 22.4. The summed E-state index contributed by atoms with van der Waals surface area (Å²) in [7, 11) is 0. The molecule has 4 nitrogen and oxygen atoms in total. The van der Waals surface area contributed by atoms with Gasteiger partial charge in [0.1, 0.15) is 0 Å². The molecule has 5 heteroatoms. The standard InChI is InChI=1S/C26H36N2O2S/c1-6-7-9-20(19-12-13-23-24(14-19)30-16-29-23)15-27-26(31)28-25-21(17(2)3)10-8-11-22(25)18(4)5/h8,10-14,17-18,20H,6-7,9,15-16H2,1-5H3,(H2,27,28,31). The Morgan fingerprint density at radius 1 is 1.00 bits per heavy atom. The average Bonchev–Trinajstić information content (AvgIpc) is 3.21. The van der Waals surface area contributed by atoms with Gasteiger partial charge in [-0.25, -0.2) is 0 Å². The summed E-state index contributed by atoms with van der Waals surface area (Å²) in [6.45, 7) is 12.2. The van der Waals surface area contributed by atoms with Gasteiger partial charge in [0.15, 0.2) is 16.6 Å². The summed E-state index contributed by atoms with van der Waals surface area (Å²) in [6, 6.07) is 12.8. The van der Waals surface area contributed by atoms with E-state index in [1.807, 2.05) is 6.07 Å². The van der Waals surface area contributed by atoms with E-state index >= 15 is 0 Å². The molecule has 1 aliphatic heterocycles. The van der Waals surface area contributed by atoms with Crippen LogP contribution >= 0.6 is 12.2 Å². The topological polar surface area (TPSA) is 42.5 Å². The smallest absolute Gasteiger partial charge is 0.231 e. The van der Waals surface area contributed by atoms with Crippen molar-refractivity contribution >= 4 is 23.0 Å². The molecular formula is C26H36N2O2S. The zero-order valence-electron chi connectivity index (χ0n) is 19.5. The minimum absolute atomic E-state index is 0.304. The van der Waals surface area contributed by atoms with Gasteiger partial charge in [-0.3, -0.25) is 0 Å². The van der Waals surface area contributed by atoms with Gasteiger partial charge in [0, 0.05) is 18.2 Å². The normalized spacial score (nSPS) is 13.5. The summed E-state index contributed by atoms with van der Waals surface area (Å²) in [5, 5.41) is 7.69. The molecule has 1 aliphatic rings. The van der Waals surface area contributed by atoms with Gasteiger partial charge in [0.2, 0.25) is 6.79 Å². The van der Waals surface area contributed by atoms with E-state index in [4.69, 9.17) is 21.7 Å². The lowest BCUT2D eigenvalue weighted by Gasteiger charge is -2.23. The van der Waals surface area contributed by atoms with E-state index in [1.54, 1.807) is 0 Å². The molecular weight excluding hydrogens is 404 g/mol. The third kappa shape index (κ3) is 5.91. The largest absolute Gasteiger partial charge is 0.454 e. The number of unbranched alkanes of at least 4 members (excludes halogenated alkanes) is 1. The zero-order valence-corrected chi connectivity index (χ0v) is 20.3. The van der Waals surface area contributed by atoms with Gasteiger partial charge >= 0.3 is 0 Å². The molecule has 1 atom stereocenters. The molecule has 3 rings (SSSR count). The van der Waals surface area contributed by atoms with E-state index in [2.05, 4.69) is 75.6 Å². The summed E-state index contributed by atoms with van der Waals surface area (Å²) in [5.74, 6) is 2.88. The van der Waals surface area contributed by atoms with Crippen LogP contribution in [0.3, 0.4) is 0 Å². The van der Waals surface area contributed by atoms with Crippen molar-refractivity contribution in [1.82, 2.24) is 5.32 Å². The lowest BCUT2D eigenvalue weighted by Crippen LogP contribution is -2.33. The van der Waals surface area contributed by atoms with Crippen molar-refractivity contribution in [3.8, 4) is 11.5 Å². The molecule has 0 fully saturated rings. The lowest BCUT2D eigenvalue weighted by molar-refractivity contribution is 0.174. The van der Waals surface area contributed by atoms with Crippen molar-refractivity contribution in [3.63, 3.8) is 0 Å². The number of thiocarbonyl (C=S) groups is 1. The Morgan fingerprint density at radius 3 is 2.32 bits per heavy atom. The number of rotatable bonds is 9. The Labute approximate surface area is 192 Å². The Morgan fingerprint density at radius 2 is 1.68 bits per heavy atom. The van der Waals surface area contributed by atoms with Gasteiger partial charge in [-0.05, 0) is 59.3 Å². The maximum atomic E-state index is 5.72. The summed E-state index contributed by atoms with van der Waals surface area (Å²) in [6.07, 6.45) is 3.45. The third-order valence-corrected chi connectivity index (χ3v) is 6.14. The van der Waals surface area contributed by atoms with E-state index < -0.39 is 0 Å². The third-order valence-electron chi connectivity index (χ3n) is 5.89. The van der Waals surface area contributed by atoms with Crippen LogP contribution in [0.5, 0.6) is 11.5 Å². The van der Waals surface area contributed by atoms with Crippen LogP contribution in [0.25, 0.3) is 0 Å². The van der Waals surface area contributed by atoms with E-state index in [0.717, 1.165) is 30.2 Å². The van der Waals surface area contributed by atoms with E-state index in [-0.39, 0.29) is 0 Å². The molecule has 0 spiro atoms. The van der Waals surface area contributed by atoms with Gasteiger partial charge in [0.25, 0.3) is 0 Å². The molecule has 2 aromatic rings. The first kappa shape index (κ1) is 23.4. The number of fused-ring (bicyclic) bond motifs is 1. The van der Waals surface area contributed by atoms with Crippen LogP contribution in [0.4, 0.5) is 5.69 Å². The Kier molecular flexibility index (Phi) is 8.19. The predicted octanol–water partition coefficient (Wildman–Crippen LogP) is 6.92. The van der Waals surface area contributed by atoms with Gasteiger partial charge in [-0.15, -0.1) is 0 Å². The second-order valence-corrected chi connectivity index (χ2v) is 9.32. The summed E-state index contributed by atoms with van der Waals surface area (Å²) >= 11 is 5.72. The van der Waals surface area contributed by atoms with Crippen molar-refractivity contribution in [3.05, 3.63) is 53.1 Å². The number of anilines is 1. The Hall–Kier alpha value is -2.27. The van der Waals surface area contributed by atoms with Crippen molar-refractivity contribution in [2.24, 2.45) is 0 Å². The molecule has 0 saturated heterocycles. The summed E-state index contributed by atoms with van der Waals surface area (Å²) < 4.78 is 11.1. The number of hydrogen-bond acceptors (Lipinski definition) is 3. The molecule has 1 heterocycles. The van der Waals surface area contributed by atoms with E-state index in [0.29, 0.717) is 29.7 Å². The molecule has 0 aliphatic carbocycles. The fourth-order valence-electron chi connectivity index (χ4n) is 4.07. The van der Waals surface area contributed by atoms with Crippen LogP contribution in [0.2, 0.25) is 0 Å². The number of para-hydroxylation sites is 1. The molecule has 0 aromatic heterocycles. The number of hydrogen-bond donors (Lipinski definition) is 2. The molecule has 0 amide bonds. The number of nitrogens with one attached hydrogen (secondary N) is 2. The second kappa shape index (κ2) is 10.9. The second-order valence-electron chi connectivity index (χ2n) is 8.91. The van der Waals surface area contributed by atoms with Gasteiger partial charge in [-0.1, -0.05) is 71.7 Å². The highest BCUT2D eigenvalue weighted by Crippen LogP contribution is 2.36. The number of ether oxygens (including phenoxy) is 2. The highest BCUT2D eigenvalue weighted by atomic mass is 32.1. The van der Waals surface area contributed by atoms with Gasteiger partial charge < -0.3 is 20.1 Å². The first-order valence-corrected chi connectivity index (χ1v) is 11.9. The van der Waals surface area contributed by atoms with Gasteiger partial charge in [0.05, 0.1) is 0 Å². The Bertz CT molecular complexity index is 869. The molecule has 2 aromatic carbocycles. The molecule has 2 N–H and O–H groups in total. The molecule has 168 valence electrons. The van der Waals surface area contributed by atoms with Crippen LogP contribution < -0.4 is 20.1 Å². The molecule has 0 radical (unpaired) electrons. The van der Waals surface area contributed by atoms with Crippen molar-refractivity contribution in [2.75, 3.05) is 18.7 Å². The van der Waals surface area contributed by atoms with E-state index in [1.165, 1.54) is 29.5 Å². The molecule has 0 saturated carbocycles. The van der Waals surface area contributed by atoms with E-state index in [9.17, 15) is 0 Å². The highest BCUT2D eigenvalue weighted by Gasteiger charge is 2.19. The van der Waals surface area contributed by atoms with Crippen LogP contribution in [0.1, 0.15) is 88.3 Å². The van der Waals surface area contributed by atoms with Crippen LogP contribution in [0.15, 0.2) is 36.4 Å². The fourth-order valence-corrected chi connectivity index (χ4v) is 4.26. The first-order chi connectivity index (χ1) is 14.9. The SMILES string of the molecule is CCCCC(CNC(=S)Nc1c(C(C)C)cccc1C(C)C)c1ccc2c(c1)OCO2. The monoisotopic (exact) mass is 440 g/mol. The minimum atomic E-state index is 0.304. The molecule has 1 unspecified atom stereocenters. The fraction of sp³-hybridized carbons (Fsp3) is 0.500. The van der Waals surface area contributed by atoms with Crippen molar-refractivity contribution in [2.45, 2.75) is 71.6 Å². The first-order valence-electron chi connectivity index (χ1n) is 11.5.